The van der Waals surface area contributed by atoms with Crippen LogP contribution in [0.1, 0.15) is 16.1 Å². The molecule has 0 bridgehead atoms. The van der Waals surface area contributed by atoms with Crippen LogP contribution in [0.15, 0.2) is 18.2 Å². The molecular weight excluding hydrogens is 361 g/mol. The van der Waals surface area contributed by atoms with E-state index in [1.165, 1.54) is 18.2 Å². The van der Waals surface area contributed by atoms with E-state index in [4.69, 9.17) is 46.4 Å². The first-order chi connectivity index (χ1) is 9.81. The molecule has 0 aliphatic rings. The first kappa shape index (κ1) is 16.3. The number of hydrogen-bond donors (Lipinski definition) is 1. The fourth-order valence-electron chi connectivity index (χ4n) is 1.59. The van der Waals surface area contributed by atoms with Crippen LogP contribution in [0.25, 0.3) is 0 Å². The van der Waals surface area contributed by atoms with Gasteiger partial charge in [0.2, 0.25) is 0 Å². The number of aromatic nitrogens is 1. The van der Waals surface area contributed by atoms with E-state index in [9.17, 15) is 9.18 Å². The molecule has 1 aromatic carbocycles. The van der Waals surface area contributed by atoms with Crippen LogP contribution < -0.4 is 5.32 Å². The van der Waals surface area contributed by atoms with E-state index in [0.717, 1.165) is 0 Å². The Hall–Kier alpha value is -1.07. The number of amides is 1. The predicted molar refractivity (Wildman–Crippen MR) is 83.4 cm³/mol. The number of rotatable bonds is 2. The summed E-state index contributed by atoms with van der Waals surface area (Å²) in [6.07, 6.45) is 0. The zero-order valence-corrected chi connectivity index (χ0v) is 13.5. The summed E-state index contributed by atoms with van der Waals surface area (Å²) in [6, 6.07) is 3.93. The number of anilines is 1. The highest BCUT2D eigenvalue weighted by molar-refractivity contribution is 6.52. The van der Waals surface area contributed by atoms with Gasteiger partial charge in [-0.05, 0) is 30.7 Å². The highest BCUT2D eigenvalue weighted by Crippen LogP contribution is 2.36. The van der Waals surface area contributed by atoms with Crippen LogP contribution in [0.5, 0.6) is 0 Å². The van der Waals surface area contributed by atoms with Gasteiger partial charge in [-0.1, -0.05) is 46.4 Å². The molecule has 0 saturated heterocycles. The van der Waals surface area contributed by atoms with Crippen molar-refractivity contribution in [2.24, 2.45) is 0 Å². The molecule has 2 rings (SSSR count). The van der Waals surface area contributed by atoms with Crippen molar-refractivity contribution >= 4 is 58.0 Å². The third-order valence-electron chi connectivity index (χ3n) is 2.64. The van der Waals surface area contributed by atoms with E-state index >= 15 is 0 Å². The quantitative estimate of drug-likeness (QED) is 0.722. The molecule has 8 heteroatoms. The Bertz CT molecular complexity index is 737. The molecule has 110 valence electrons. The summed E-state index contributed by atoms with van der Waals surface area (Å²) in [4.78, 5) is 16.0. The molecule has 0 spiro atoms. The normalized spacial score (nSPS) is 10.6. The van der Waals surface area contributed by atoms with Crippen LogP contribution >= 0.6 is 46.4 Å². The molecular formula is C13H7Cl4FN2O. The maximum absolute atomic E-state index is 13.0. The Balaban J connectivity index is 2.37. The second-order valence-corrected chi connectivity index (χ2v) is 5.60. The highest BCUT2D eigenvalue weighted by atomic mass is 35.5. The molecule has 21 heavy (non-hydrogen) atoms. The van der Waals surface area contributed by atoms with Crippen molar-refractivity contribution < 1.29 is 9.18 Å². The van der Waals surface area contributed by atoms with Crippen LogP contribution in [-0.2, 0) is 0 Å². The Morgan fingerprint density at radius 1 is 1.14 bits per heavy atom. The average Bonchev–Trinajstić information content (AvgIpc) is 2.43. The number of nitrogens with zero attached hydrogens (tertiary/aromatic N) is 1. The maximum Gasteiger partial charge on any atom is 0.275 e. The molecule has 2 aromatic rings. The van der Waals surface area contributed by atoms with Crippen LogP contribution in [0.4, 0.5) is 10.1 Å². The van der Waals surface area contributed by atoms with E-state index in [0.29, 0.717) is 11.3 Å². The number of aryl methyl sites for hydroxylation is 1. The minimum Gasteiger partial charge on any atom is -0.320 e. The van der Waals surface area contributed by atoms with Crippen LogP contribution in [0, 0.1) is 12.7 Å². The van der Waals surface area contributed by atoms with Gasteiger partial charge >= 0.3 is 0 Å². The first-order valence-corrected chi connectivity index (χ1v) is 7.10. The second-order valence-electron chi connectivity index (χ2n) is 4.11. The molecule has 0 unspecified atom stereocenters. The molecule has 1 heterocycles. The molecule has 0 radical (unpaired) electrons. The van der Waals surface area contributed by atoms with Crippen molar-refractivity contribution in [1.82, 2.24) is 4.98 Å². The van der Waals surface area contributed by atoms with Gasteiger partial charge in [-0.25, -0.2) is 9.37 Å². The van der Waals surface area contributed by atoms with Gasteiger partial charge in [0.1, 0.15) is 16.7 Å². The fraction of sp³-hybridized carbons (Fsp3) is 0.0769. The average molecular weight is 368 g/mol. The number of halogens is 5. The van der Waals surface area contributed by atoms with Crippen molar-refractivity contribution in [3.05, 3.63) is 55.5 Å². The Labute approximate surface area is 140 Å². The molecule has 1 N–H and O–H groups in total. The van der Waals surface area contributed by atoms with Crippen molar-refractivity contribution in [2.75, 3.05) is 5.32 Å². The van der Waals surface area contributed by atoms with Gasteiger partial charge in [0.25, 0.3) is 5.91 Å². The predicted octanol–water partition coefficient (Wildman–Crippen LogP) is 5.40. The standard InChI is InChI=1S/C13H7Cl4FN2O/c1-5-4-6(18)2-3-7(5)19-13(21)11-9(15)8(14)10(16)12(17)20-11/h2-4H,1H3,(H,19,21). The molecule has 0 atom stereocenters. The van der Waals surface area contributed by atoms with E-state index < -0.39 is 11.7 Å². The van der Waals surface area contributed by atoms with Gasteiger partial charge in [-0.2, -0.15) is 0 Å². The zero-order valence-electron chi connectivity index (χ0n) is 10.5. The lowest BCUT2D eigenvalue weighted by atomic mass is 10.2. The van der Waals surface area contributed by atoms with Crippen molar-refractivity contribution in [1.29, 1.82) is 0 Å². The summed E-state index contributed by atoms with van der Waals surface area (Å²) >= 11 is 23.4. The van der Waals surface area contributed by atoms with Gasteiger partial charge in [-0.15, -0.1) is 0 Å². The van der Waals surface area contributed by atoms with Gasteiger partial charge in [0.05, 0.1) is 15.1 Å². The Kier molecular flexibility index (Phi) is 4.94. The molecule has 0 aliphatic carbocycles. The molecule has 0 fully saturated rings. The summed E-state index contributed by atoms with van der Waals surface area (Å²) < 4.78 is 13.0. The van der Waals surface area contributed by atoms with E-state index in [1.54, 1.807) is 6.92 Å². The molecule has 0 saturated carbocycles. The van der Waals surface area contributed by atoms with E-state index in [2.05, 4.69) is 10.3 Å². The maximum atomic E-state index is 13.0. The summed E-state index contributed by atoms with van der Waals surface area (Å²) in [7, 11) is 0. The summed E-state index contributed by atoms with van der Waals surface area (Å²) in [5.41, 5.74) is 0.798. The summed E-state index contributed by atoms with van der Waals surface area (Å²) in [5.74, 6) is -1.03. The number of carbonyl (C=O) groups excluding carboxylic acids is 1. The topological polar surface area (TPSA) is 42.0 Å². The van der Waals surface area contributed by atoms with Gasteiger partial charge in [0.15, 0.2) is 0 Å². The van der Waals surface area contributed by atoms with Gasteiger partial charge < -0.3 is 5.32 Å². The lowest BCUT2D eigenvalue weighted by molar-refractivity contribution is 0.102. The number of nitrogens with one attached hydrogen (secondary N) is 1. The number of benzene rings is 1. The van der Waals surface area contributed by atoms with Crippen LogP contribution in [-0.4, -0.2) is 10.9 Å². The molecule has 1 amide bonds. The zero-order chi connectivity index (χ0) is 15.7. The van der Waals surface area contributed by atoms with Gasteiger partial charge in [0, 0.05) is 5.69 Å². The molecule has 0 aliphatic heterocycles. The van der Waals surface area contributed by atoms with E-state index in [-0.39, 0.29) is 25.9 Å². The smallest absolute Gasteiger partial charge is 0.275 e. The molecule has 3 nitrogen and oxygen atoms in total. The monoisotopic (exact) mass is 366 g/mol. The third-order valence-corrected chi connectivity index (χ3v) is 4.31. The number of carbonyl (C=O) groups is 1. The van der Waals surface area contributed by atoms with E-state index in [1.807, 2.05) is 0 Å². The number of pyridine rings is 1. The van der Waals surface area contributed by atoms with Crippen LogP contribution in [0.2, 0.25) is 20.2 Å². The fourth-order valence-corrected chi connectivity index (χ4v) is 2.40. The minimum atomic E-state index is -0.629. The Morgan fingerprint density at radius 3 is 2.43 bits per heavy atom. The van der Waals surface area contributed by atoms with Gasteiger partial charge in [-0.3, -0.25) is 4.79 Å². The minimum absolute atomic E-state index is 0.0298. The number of hydrogen-bond acceptors (Lipinski definition) is 2. The Morgan fingerprint density at radius 2 is 1.81 bits per heavy atom. The van der Waals surface area contributed by atoms with Crippen LogP contribution in [0.3, 0.4) is 0 Å². The highest BCUT2D eigenvalue weighted by Gasteiger charge is 2.20. The first-order valence-electron chi connectivity index (χ1n) is 5.58. The summed E-state index contributed by atoms with van der Waals surface area (Å²) in [6.45, 7) is 1.65. The summed E-state index contributed by atoms with van der Waals surface area (Å²) in [5, 5.41) is 2.23. The largest absolute Gasteiger partial charge is 0.320 e. The van der Waals surface area contributed by atoms with Crippen molar-refractivity contribution in [2.45, 2.75) is 6.92 Å². The lowest BCUT2D eigenvalue weighted by Gasteiger charge is -2.10. The third kappa shape index (κ3) is 3.40. The SMILES string of the molecule is Cc1cc(F)ccc1NC(=O)c1nc(Cl)c(Cl)c(Cl)c1Cl. The van der Waals surface area contributed by atoms with Crippen molar-refractivity contribution in [3.63, 3.8) is 0 Å². The second kappa shape index (κ2) is 6.36. The molecule has 1 aromatic heterocycles. The van der Waals surface area contributed by atoms with Crippen molar-refractivity contribution in [3.8, 4) is 0 Å². The lowest BCUT2D eigenvalue weighted by Crippen LogP contribution is -2.15.